The van der Waals surface area contributed by atoms with Gasteiger partial charge in [0.25, 0.3) is 5.91 Å². The van der Waals surface area contributed by atoms with Crippen LogP contribution >= 0.6 is 27.5 Å². The average molecular weight is 406 g/mol. The number of rotatable bonds is 3. The fraction of sp³-hybridized carbons (Fsp3) is 0.0556. The minimum Gasteiger partial charge on any atom is -0.451 e. The van der Waals surface area contributed by atoms with Crippen molar-refractivity contribution in [1.29, 1.82) is 0 Å². The summed E-state index contributed by atoms with van der Waals surface area (Å²) >= 11 is 9.38. The molecule has 0 unspecified atom stereocenters. The van der Waals surface area contributed by atoms with Gasteiger partial charge in [-0.05, 0) is 70.9 Å². The quantitative estimate of drug-likeness (QED) is 0.565. The molecule has 0 bridgehead atoms. The van der Waals surface area contributed by atoms with E-state index < -0.39 is 0 Å². The first-order valence-electron chi connectivity index (χ1n) is 7.17. The van der Waals surface area contributed by atoms with Crippen molar-refractivity contribution in [2.75, 3.05) is 11.1 Å². The number of aryl methyl sites for hydroxylation is 1. The number of anilines is 2. The third kappa shape index (κ3) is 3.47. The summed E-state index contributed by atoms with van der Waals surface area (Å²) in [4.78, 5) is 12.3. The summed E-state index contributed by atoms with van der Waals surface area (Å²) in [5, 5.41) is 3.39. The molecule has 3 aromatic rings. The van der Waals surface area contributed by atoms with Crippen molar-refractivity contribution in [3.63, 3.8) is 0 Å². The first-order chi connectivity index (χ1) is 11.4. The van der Waals surface area contributed by atoms with Gasteiger partial charge < -0.3 is 15.5 Å². The van der Waals surface area contributed by atoms with Gasteiger partial charge in [-0.15, -0.1) is 0 Å². The van der Waals surface area contributed by atoms with Crippen LogP contribution in [-0.2, 0) is 0 Å². The Hall–Kier alpha value is -2.24. The van der Waals surface area contributed by atoms with Crippen LogP contribution in [0.3, 0.4) is 0 Å². The molecule has 1 amide bonds. The van der Waals surface area contributed by atoms with Crippen LogP contribution in [0.15, 0.2) is 57.4 Å². The van der Waals surface area contributed by atoms with Crippen LogP contribution in [-0.4, -0.2) is 5.91 Å². The smallest absolute Gasteiger partial charge is 0.291 e. The molecule has 6 heteroatoms. The van der Waals surface area contributed by atoms with Gasteiger partial charge >= 0.3 is 0 Å². The Morgan fingerprint density at radius 3 is 2.67 bits per heavy atom. The molecule has 0 radical (unpaired) electrons. The highest BCUT2D eigenvalue weighted by molar-refractivity contribution is 9.10. The maximum Gasteiger partial charge on any atom is 0.291 e. The zero-order chi connectivity index (χ0) is 17.3. The van der Waals surface area contributed by atoms with E-state index in [1.165, 1.54) is 0 Å². The molecule has 0 saturated heterocycles. The normalized spacial score (nSPS) is 10.6. The SMILES string of the molecule is Cc1ccc(NC(=O)c2ccc(-c3ccc(Cl)cc3Br)o2)cc1N. The molecule has 0 fully saturated rings. The Morgan fingerprint density at radius 1 is 1.17 bits per heavy atom. The molecule has 0 aliphatic heterocycles. The Balaban J connectivity index is 1.82. The molecule has 1 heterocycles. The van der Waals surface area contributed by atoms with Gasteiger partial charge in [-0.3, -0.25) is 4.79 Å². The molecule has 122 valence electrons. The Labute approximate surface area is 152 Å². The van der Waals surface area contributed by atoms with Gasteiger partial charge in [-0.1, -0.05) is 17.7 Å². The molecular weight excluding hydrogens is 392 g/mol. The number of benzene rings is 2. The number of amides is 1. The summed E-state index contributed by atoms with van der Waals surface area (Å²) in [6.07, 6.45) is 0. The van der Waals surface area contributed by atoms with E-state index in [0.717, 1.165) is 15.6 Å². The molecule has 0 aliphatic rings. The van der Waals surface area contributed by atoms with Crippen LogP contribution in [0.5, 0.6) is 0 Å². The standard InChI is InChI=1S/C18H14BrClN2O2/c1-10-2-4-12(9-15(10)21)22-18(23)17-7-6-16(24-17)13-5-3-11(20)8-14(13)19/h2-9H,21H2,1H3,(H,22,23). The molecule has 0 saturated carbocycles. The van der Waals surface area contributed by atoms with Gasteiger partial charge in [-0.25, -0.2) is 0 Å². The summed E-state index contributed by atoms with van der Waals surface area (Å²) in [6, 6.07) is 14.1. The monoisotopic (exact) mass is 404 g/mol. The van der Waals surface area contributed by atoms with Crippen LogP contribution in [0, 0.1) is 6.92 Å². The summed E-state index contributed by atoms with van der Waals surface area (Å²) in [5.41, 5.74) is 8.87. The number of furan rings is 1. The maximum atomic E-state index is 12.3. The number of nitrogen functional groups attached to an aromatic ring is 1. The minimum absolute atomic E-state index is 0.214. The molecule has 3 N–H and O–H groups in total. The van der Waals surface area contributed by atoms with E-state index in [1.807, 2.05) is 19.1 Å². The number of carbonyl (C=O) groups is 1. The third-order valence-corrected chi connectivity index (χ3v) is 4.45. The molecule has 4 nitrogen and oxygen atoms in total. The van der Waals surface area contributed by atoms with Crippen molar-refractivity contribution >= 4 is 44.8 Å². The predicted molar refractivity (Wildman–Crippen MR) is 100 cm³/mol. The first-order valence-corrected chi connectivity index (χ1v) is 8.34. The highest BCUT2D eigenvalue weighted by atomic mass is 79.9. The van der Waals surface area contributed by atoms with Gasteiger partial charge in [0.15, 0.2) is 5.76 Å². The summed E-state index contributed by atoms with van der Waals surface area (Å²) < 4.78 is 6.46. The maximum absolute atomic E-state index is 12.3. The molecule has 0 aliphatic carbocycles. The van der Waals surface area contributed by atoms with Crippen LogP contribution in [0.4, 0.5) is 11.4 Å². The van der Waals surface area contributed by atoms with Gasteiger partial charge in [0.05, 0.1) is 0 Å². The lowest BCUT2D eigenvalue weighted by molar-refractivity contribution is 0.0997. The number of hydrogen-bond donors (Lipinski definition) is 2. The molecule has 0 spiro atoms. The second-order valence-electron chi connectivity index (χ2n) is 5.31. The van der Waals surface area contributed by atoms with Gasteiger partial charge in [0, 0.05) is 26.4 Å². The summed E-state index contributed by atoms with van der Waals surface area (Å²) in [7, 11) is 0. The Morgan fingerprint density at radius 2 is 1.96 bits per heavy atom. The van der Waals surface area contributed by atoms with Crippen LogP contribution < -0.4 is 11.1 Å². The fourth-order valence-electron chi connectivity index (χ4n) is 2.20. The number of nitrogens with two attached hydrogens (primary N) is 1. The van der Waals surface area contributed by atoms with E-state index in [9.17, 15) is 4.79 Å². The highest BCUT2D eigenvalue weighted by Gasteiger charge is 2.14. The number of nitrogens with one attached hydrogen (secondary N) is 1. The highest BCUT2D eigenvalue weighted by Crippen LogP contribution is 2.32. The van der Waals surface area contributed by atoms with E-state index in [0.29, 0.717) is 22.2 Å². The van der Waals surface area contributed by atoms with Crippen molar-refractivity contribution in [2.24, 2.45) is 0 Å². The minimum atomic E-state index is -0.338. The number of carbonyl (C=O) groups excluding carboxylic acids is 1. The predicted octanol–water partition coefficient (Wildman–Crippen LogP) is 5.51. The van der Waals surface area contributed by atoms with E-state index >= 15 is 0 Å². The van der Waals surface area contributed by atoms with Crippen molar-refractivity contribution in [1.82, 2.24) is 0 Å². The largest absolute Gasteiger partial charge is 0.451 e. The van der Waals surface area contributed by atoms with Crippen molar-refractivity contribution in [3.8, 4) is 11.3 Å². The molecular formula is C18H14BrClN2O2. The van der Waals surface area contributed by atoms with E-state index in [4.69, 9.17) is 21.8 Å². The zero-order valence-electron chi connectivity index (χ0n) is 12.8. The molecule has 0 atom stereocenters. The Bertz CT molecular complexity index is 921. The van der Waals surface area contributed by atoms with Crippen molar-refractivity contribution < 1.29 is 9.21 Å². The van der Waals surface area contributed by atoms with Crippen LogP contribution in [0.2, 0.25) is 5.02 Å². The first kappa shape index (κ1) is 16.6. The third-order valence-electron chi connectivity index (χ3n) is 3.56. The van der Waals surface area contributed by atoms with E-state index in [1.54, 1.807) is 36.4 Å². The van der Waals surface area contributed by atoms with Crippen molar-refractivity contribution in [3.05, 3.63) is 69.3 Å². The van der Waals surface area contributed by atoms with Crippen LogP contribution in [0.25, 0.3) is 11.3 Å². The summed E-state index contributed by atoms with van der Waals surface area (Å²) in [6.45, 7) is 1.91. The fourth-order valence-corrected chi connectivity index (χ4v) is 3.08. The van der Waals surface area contributed by atoms with Gasteiger partial charge in [0.1, 0.15) is 5.76 Å². The lowest BCUT2D eigenvalue weighted by Gasteiger charge is -2.06. The summed E-state index contributed by atoms with van der Waals surface area (Å²) in [5.74, 6) is 0.452. The topological polar surface area (TPSA) is 68.3 Å². The zero-order valence-corrected chi connectivity index (χ0v) is 15.1. The van der Waals surface area contributed by atoms with E-state index in [-0.39, 0.29) is 11.7 Å². The Kier molecular flexibility index (Phi) is 4.64. The number of hydrogen-bond acceptors (Lipinski definition) is 3. The van der Waals surface area contributed by atoms with Crippen molar-refractivity contribution in [2.45, 2.75) is 6.92 Å². The molecule has 3 rings (SSSR count). The van der Waals surface area contributed by atoms with Gasteiger partial charge in [-0.2, -0.15) is 0 Å². The molecule has 24 heavy (non-hydrogen) atoms. The lowest BCUT2D eigenvalue weighted by Crippen LogP contribution is -2.11. The number of halogens is 2. The lowest BCUT2D eigenvalue weighted by atomic mass is 10.2. The average Bonchev–Trinajstić information content (AvgIpc) is 3.01. The second kappa shape index (κ2) is 6.71. The van der Waals surface area contributed by atoms with Crippen LogP contribution in [0.1, 0.15) is 16.1 Å². The second-order valence-corrected chi connectivity index (χ2v) is 6.60. The van der Waals surface area contributed by atoms with Gasteiger partial charge in [0.2, 0.25) is 0 Å². The molecule has 1 aromatic heterocycles. The van der Waals surface area contributed by atoms with E-state index in [2.05, 4.69) is 21.2 Å². The molecule has 2 aromatic carbocycles.